The van der Waals surface area contributed by atoms with Gasteiger partial charge in [0, 0.05) is 42.4 Å². The fraction of sp³-hybridized carbons (Fsp3) is 0.333. The first-order valence-corrected chi connectivity index (χ1v) is 12.7. The van der Waals surface area contributed by atoms with Crippen LogP contribution in [-0.4, -0.2) is 41.9 Å². The number of hydrogen-bond donors (Lipinski definition) is 3. The Labute approximate surface area is 206 Å². The summed E-state index contributed by atoms with van der Waals surface area (Å²) < 4.78 is 69.8. The number of amides is 1. The van der Waals surface area contributed by atoms with Crippen molar-refractivity contribution in [3.05, 3.63) is 76.2 Å². The first-order valence-electron chi connectivity index (χ1n) is 11.3. The summed E-state index contributed by atoms with van der Waals surface area (Å²) in [5.74, 6) is -3.42. The molecule has 1 aliphatic heterocycles. The lowest BCUT2D eigenvalue weighted by Crippen LogP contribution is -2.45. The van der Waals surface area contributed by atoms with Crippen LogP contribution in [0.25, 0.3) is 0 Å². The molecular formula is C24H26F3N5O3S. The van der Waals surface area contributed by atoms with Gasteiger partial charge in [-0.15, -0.1) is 0 Å². The maximum Gasteiger partial charge on any atom is 0.260 e. The third-order valence-corrected chi connectivity index (χ3v) is 7.82. The van der Waals surface area contributed by atoms with Crippen molar-refractivity contribution in [2.45, 2.75) is 44.2 Å². The third kappa shape index (κ3) is 4.88. The molecule has 2 aromatic carbocycles. The van der Waals surface area contributed by atoms with E-state index >= 15 is 0 Å². The molecule has 2 heterocycles. The normalized spacial score (nSPS) is 15.5. The number of anilines is 1. The predicted molar refractivity (Wildman–Crippen MR) is 127 cm³/mol. The molecule has 1 aromatic heterocycles. The number of benzene rings is 2. The fourth-order valence-corrected chi connectivity index (χ4v) is 5.94. The van der Waals surface area contributed by atoms with Crippen molar-refractivity contribution in [3.63, 3.8) is 0 Å². The lowest BCUT2D eigenvalue weighted by atomic mass is 9.84. The Kier molecular flexibility index (Phi) is 6.95. The number of aromatic amines is 1. The summed E-state index contributed by atoms with van der Waals surface area (Å²) >= 11 is 0. The maximum absolute atomic E-state index is 14.6. The second kappa shape index (κ2) is 9.68. The number of halogens is 3. The molecule has 8 nitrogen and oxygen atoms in total. The lowest BCUT2D eigenvalue weighted by Gasteiger charge is -2.36. The number of fused-ring (bicyclic) bond motifs is 1. The zero-order chi connectivity index (χ0) is 26.3. The predicted octanol–water partition coefficient (Wildman–Crippen LogP) is 3.67. The SMILES string of the molecule is CCNCc1cccc(F)c1C(=O)Nc1n[nH]c2c1CN(S(=O)(=O)c1cc(F)cc(F)c1)CC2(C)C. The molecule has 12 heteroatoms. The van der Waals surface area contributed by atoms with Crippen LogP contribution in [0, 0.1) is 17.5 Å². The summed E-state index contributed by atoms with van der Waals surface area (Å²) in [6, 6.07) is 6.42. The Morgan fingerprint density at radius 1 is 1.17 bits per heavy atom. The van der Waals surface area contributed by atoms with Crippen molar-refractivity contribution in [2.24, 2.45) is 0 Å². The summed E-state index contributed by atoms with van der Waals surface area (Å²) in [5.41, 5.74) is 0.499. The molecule has 0 atom stereocenters. The number of carbonyl (C=O) groups excluding carboxylic acids is 1. The van der Waals surface area contributed by atoms with Crippen LogP contribution in [0.1, 0.15) is 48.0 Å². The molecule has 0 bridgehead atoms. The molecule has 0 saturated heterocycles. The second-order valence-corrected chi connectivity index (χ2v) is 11.1. The second-order valence-electron chi connectivity index (χ2n) is 9.20. The van der Waals surface area contributed by atoms with E-state index in [1.54, 1.807) is 19.9 Å². The van der Waals surface area contributed by atoms with Gasteiger partial charge in [0.05, 0.1) is 10.5 Å². The highest BCUT2D eigenvalue weighted by molar-refractivity contribution is 7.89. The molecule has 4 rings (SSSR count). The number of rotatable bonds is 7. The molecule has 3 aromatic rings. The van der Waals surface area contributed by atoms with Gasteiger partial charge in [0.1, 0.15) is 17.5 Å². The molecular weight excluding hydrogens is 495 g/mol. The highest BCUT2D eigenvalue weighted by Gasteiger charge is 2.41. The van der Waals surface area contributed by atoms with E-state index in [0.717, 1.165) is 16.4 Å². The van der Waals surface area contributed by atoms with Crippen molar-refractivity contribution in [1.82, 2.24) is 19.8 Å². The minimum Gasteiger partial charge on any atom is -0.313 e. The van der Waals surface area contributed by atoms with E-state index in [1.165, 1.54) is 12.1 Å². The molecule has 0 spiro atoms. The van der Waals surface area contributed by atoms with Gasteiger partial charge in [-0.25, -0.2) is 21.6 Å². The number of H-pyrrole nitrogens is 1. The van der Waals surface area contributed by atoms with Crippen LogP contribution in [0.4, 0.5) is 19.0 Å². The average molecular weight is 522 g/mol. The number of nitrogens with one attached hydrogen (secondary N) is 3. The molecule has 0 saturated carbocycles. The molecule has 192 valence electrons. The summed E-state index contributed by atoms with van der Waals surface area (Å²) in [6.45, 7) is 6.11. The van der Waals surface area contributed by atoms with Crippen LogP contribution in [0.2, 0.25) is 0 Å². The molecule has 0 radical (unpaired) electrons. The van der Waals surface area contributed by atoms with Gasteiger partial charge in [-0.3, -0.25) is 9.89 Å². The smallest absolute Gasteiger partial charge is 0.260 e. The third-order valence-electron chi connectivity index (χ3n) is 6.05. The standard InChI is InChI=1S/C24H26F3N5O3S/c1-4-28-11-14-6-5-7-19(27)20(14)23(33)29-22-18-12-32(13-24(2,3)21(18)30-31-22)36(34,35)17-9-15(25)8-16(26)10-17/h5-10,28H,4,11-13H2,1-3H3,(H2,29,30,31,33). The van der Waals surface area contributed by atoms with Crippen molar-refractivity contribution >= 4 is 21.7 Å². The Bertz CT molecular complexity index is 1400. The number of aromatic nitrogens is 2. The van der Waals surface area contributed by atoms with E-state index in [9.17, 15) is 26.4 Å². The molecule has 36 heavy (non-hydrogen) atoms. The topological polar surface area (TPSA) is 107 Å². The number of hydrogen-bond acceptors (Lipinski definition) is 5. The van der Waals surface area contributed by atoms with E-state index in [4.69, 9.17) is 0 Å². The van der Waals surface area contributed by atoms with Crippen LogP contribution in [0.5, 0.6) is 0 Å². The lowest BCUT2D eigenvalue weighted by molar-refractivity contribution is 0.102. The summed E-state index contributed by atoms with van der Waals surface area (Å²) in [6.07, 6.45) is 0. The number of carbonyl (C=O) groups is 1. The van der Waals surface area contributed by atoms with Crippen molar-refractivity contribution in [3.8, 4) is 0 Å². The Morgan fingerprint density at radius 2 is 1.86 bits per heavy atom. The van der Waals surface area contributed by atoms with Gasteiger partial charge in [-0.05, 0) is 30.3 Å². The van der Waals surface area contributed by atoms with Crippen molar-refractivity contribution in [2.75, 3.05) is 18.4 Å². The summed E-state index contributed by atoms with van der Waals surface area (Å²) in [5, 5.41) is 12.7. The summed E-state index contributed by atoms with van der Waals surface area (Å²) in [4.78, 5) is 12.6. The van der Waals surface area contributed by atoms with Gasteiger partial charge in [0.15, 0.2) is 5.82 Å². The first kappa shape index (κ1) is 25.9. The van der Waals surface area contributed by atoms with E-state index < -0.39 is 43.7 Å². The largest absolute Gasteiger partial charge is 0.313 e. The number of sulfonamides is 1. The Hall–Kier alpha value is -3.22. The monoisotopic (exact) mass is 521 g/mol. The number of nitrogens with zero attached hydrogens (tertiary/aromatic N) is 2. The van der Waals surface area contributed by atoms with E-state index in [2.05, 4.69) is 20.8 Å². The summed E-state index contributed by atoms with van der Waals surface area (Å²) in [7, 11) is -4.29. The minimum atomic E-state index is -4.29. The quantitative estimate of drug-likeness (QED) is 0.440. The van der Waals surface area contributed by atoms with Crippen LogP contribution in [0.3, 0.4) is 0 Å². The maximum atomic E-state index is 14.6. The first-order chi connectivity index (χ1) is 16.9. The molecule has 3 N–H and O–H groups in total. The fourth-order valence-electron chi connectivity index (χ4n) is 4.33. The van der Waals surface area contributed by atoms with Gasteiger partial charge in [0.2, 0.25) is 10.0 Å². The van der Waals surface area contributed by atoms with Crippen LogP contribution in [-0.2, 0) is 28.5 Å². The highest BCUT2D eigenvalue weighted by Crippen LogP contribution is 2.38. The minimum absolute atomic E-state index is 0.00378. The molecule has 0 fully saturated rings. The van der Waals surface area contributed by atoms with Gasteiger partial charge in [0.25, 0.3) is 5.91 Å². The van der Waals surface area contributed by atoms with Crippen molar-refractivity contribution < 1.29 is 26.4 Å². The molecule has 0 unspecified atom stereocenters. The van der Waals surface area contributed by atoms with Gasteiger partial charge >= 0.3 is 0 Å². The molecule has 1 aliphatic rings. The zero-order valence-corrected chi connectivity index (χ0v) is 20.8. The van der Waals surface area contributed by atoms with E-state index in [0.29, 0.717) is 29.4 Å². The van der Waals surface area contributed by atoms with E-state index in [-0.39, 0.29) is 31.0 Å². The Morgan fingerprint density at radius 3 is 2.53 bits per heavy atom. The van der Waals surface area contributed by atoms with E-state index in [1.807, 2.05) is 6.92 Å². The van der Waals surface area contributed by atoms with Gasteiger partial charge in [-0.2, -0.15) is 9.40 Å². The zero-order valence-electron chi connectivity index (χ0n) is 20.0. The van der Waals surface area contributed by atoms with Crippen LogP contribution >= 0.6 is 0 Å². The van der Waals surface area contributed by atoms with Crippen LogP contribution < -0.4 is 10.6 Å². The van der Waals surface area contributed by atoms with Gasteiger partial charge in [-0.1, -0.05) is 32.9 Å². The van der Waals surface area contributed by atoms with Crippen molar-refractivity contribution in [1.29, 1.82) is 0 Å². The molecule has 0 aliphatic carbocycles. The van der Waals surface area contributed by atoms with Crippen LogP contribution in [0.15, 0.2) is 41.3 Å². The Balaban J connectivity index is 1.68. The van der Waals surface area contributed by atoms with Gasteiger partial charge < -0.3 is 10.6 Å². The average Bonchev–Trinajstić information content (AvgIpc) is 3.20. The molecule has 1 amide bonds. The highest BCUT2D eigenvalue weighted by atomic mass is 32.2.